The quantitative estimate of drug-likeness (QED) is 0.466. The predicted octanol–water partition coefficient (Wildman–Crippen LogP) is 4.06. The van der Waals surface area contributed by atoms with Crippen LogP contribution in [0.15, 0.2) is 65.7 Å². The van der Waals surface area contributed by atoms with E-state index < -0.39 is 0 Å². The van der Waals surface area contributed by atoms with Crippen molar-refractivity contribution in [3.05, 3.63) is 88.0 Å². The van der Waals surface area contributed by atoms with E-state index in [1.165, 1.54) is 11.1 Å². The Balaban J connectivity index is 1.45. The highest BCUT2D eigenvalue weighted by molar-refractivity contribution is 5.76. The number of rotatable bonds is 7. The van der Waals surface area contributed by atoms with Gasteiger partial charge >= 0.3 is 0 Å². The van der Waals surface area contributed by atoms with Crippen LogP contribution in [0.3, 0.4) is 0 Å². The molecule has 2 aromatic heterocycles. The largest absolute Gasteiger partial charge is 0.497 e. The molecule has 4 rings (SSSR count). The fourth-order valence-electron chi connectivity index (χ4n) is 3.76. The van der Waals surface area contributed by atoms with Gasteiger partial charge in [0.05, 0.1) is 18.8 Å². The van der Waals surface area contributed by atoms with Gasteiger partial charge in [0.15, 0.2) is 0 Å². The van der Waals surface area contributed by atoms with E-state index in [9.17, 15) is 9.59 Å². The van der Waals surface area contributed by atoms with Crippen LogP contribution < -0.4 is 15.6 Å². The molecule has 1 amide bonds. The van der Waals surface area contributed by atoms with Crippen LogP contribution in [0.1, 0.15) is 36.1 Å². The molecule has 1 N–H and O–H groups in total. The van der Waals surface area contributed by atoms with Crippen LogP contribution >= 0.6 is 0 Å². The van der Waals surface area contributed by atoms with Gasteiger partial charge in [-0.3, -0.25) is 9.59 Å². The number of fused-ring (bicyclic) bond motifs is 1. The molecule has 7 nitrogen and oxygen atoms in total. The summed E-state index contributed by atoms with van der Waals surface area (Å²) in [7, 11) is 1.62. The summed E-state index contributed by atoms with van der Waals surface area (Å²) < 4.78 is 8.32. The zero-order valence-corrected chi connectivity index (χ0v) is 19.3. The Labute approximate surface area is 192 Å². The maximum atomic E-state index is 13.0. The first-order valence-electron chi connectivity index (χ1n) is 11.0. The topological polar surface area (TPSA) is 77.6 Å². The number of benzene rings is 2. The van der Waals surface area contributed by atoms with Crippen LogP contribution in [-0.4, -0.2) is 27.2 Å². The minimum Gasteiger partial charge on any atom is -0.497 e. The molecule has 2 aromatic carbocycles. The molecule has 2 heterocycles. The molecule has 1 atom stereocenters. The monoisotopic (exact) mass is 444 g/mol. The van der Waals surface area contributed by atoms with Gasteiger partial charge in [0.25, 0.3) is 5.56 Å². The molecule has 0 saturated carbocycles. The van der Waals surface area contributed by atoms with Gasteiger partial charge in [-0.2, -0.15) is 5.10 Å². The Morgan fingerprint density at radius 2 is 1.82 bits per heavy atom. The van der Waals surface area contributed by atoms with E-state index in [0.29, 0.717) is 12.1 Å². The minimum absolute atomic E-state index is 0.116. The van der Waals surface area contributed by atoms with E-state index >= 15 is 0 Å². The molecule has 4 aromatic rings. The van der Waals surface area contributed by atoms with Crippen molar-refractivity contribution in [3.63, 3.8) is 0 Å². The maximum absolute atomic E-state index is 13.0. The number of hydrogen-bond acceptors (Lipinski definition) is 4. The number of ether oxygens (including phenoxy) is 1. The summed E-state index contributed by atoms with van der Waals surface area (Å²) in [6.45, 7) is 6.34. The summed E-state index contributed by atoms with van der Waals surface area (Å²) in [5.74, 6) is 0.655. The van der Waals surface area contributed by atoms with Crippen molar-refractivity contribution in [2.45, 2.75) is 39.8 Å². The molecule has 0 spiro atoms. The third-order valence-corrected chi connectivity index (χ3v) is 5.98. The number of aryl methyl sites for hydroxylation is 3. The van der Waals surface area contributed by atoms with Crippen LogP contribution in [0.4, 0.5) is 0 Å². The standard InChI is InChI=1S/C26H28N4O3/c1-17-5-6-21(15-18(17)2)23-16-24-26(32)29(13-14-30(24)28-23)12-11-25(31)27-19(3)20-7-9-22(33-4)10-8-20/h5-10,13-16,19H,11-12H2,1-4H3,(H,27,31)/t19-/m1/s1. The average Bonchev–Trinajstić information content (AvgIpc) is 3.26. The lowest BCUT2D eigenvalue weighted by Gasteiger charge is -2.15. The highest BCUT2D eigenvalue weighted by Crippen LogP contribution is 2.21. The molecule has 7 heteroatoms. The van der Waals surface area contributed by atoms with Crippen molar-refractivity contribution in [1.29, 1.82) is 0 Å². The molecule has 0 bridgehead atoms. The lowest BCUT2D eigenvalue weighted by atomic mass is 10.0. The molecule has 170 valence electrons. The number of nitrogens with one attached hydrogen (secondary N) is 1. The van der Waals surface area contributed by atoms with E-state index in [4.69, 9.17) is 4.74 Å². The SMILES string of the molecule is COc1ccc([C@@H](C)NC(=O)CCn2ccn3nc(-c4ccc(C)c(C)c4)cc3c2=O)cc1. The molecule has 0 unspecified atom stereocenters. The Bertz CT molecular complexity index is 1350. The van der Waals surface area contributed by atoms with Gasteiger partial charge in [-0.15, -0.1) is 0 Å². The molecule has 0 radical (unpaired) electrons. The van der Waals surface area contributed by atoms with Crippen molar-refractivity contribution in [3.8, 4) is 17.0 Å². The van der Waals surface area contributed by atoms with E-state index in [-0.39, 0.29) is 23.9 Å². The Hall–Kier alpha value is -3.87. The lowest BCUT2D eigenvalue weighted by Crippen LogP contribution is -2.29. The van der Waals surface area contributed by atoms with Crippen LogP contribution in [0.2, 0.25) is 0 Å². The summed E-state index contributed by atoms with van der Waals surface area (Å²) in [6.07, 6.45) is 3.63. The average molecular weight is 445 g/mol. The summed E-state index contributed by atoms with van der Waals surface area (Å²) >= 11 is 0. The highest BCUT2D eigenvalue weighted by atomic mass is 16.5. The Morgan fingerprint density at radius 3 is 2.52 bits per heavy atom. The van der Waals surface area contributed by atoms with Gasteiger partial charge in [0.2, 0.25) is 5.91 Å². The summed E-state index contributed by atoms with van der Waals surface area (Å²) in [5.41, 5.74) is 5.41. The molecule has 0 aliphatic carbocycles. The number of nitrogens with zero attached hydrogens (tertiary/aromatic N) is 3. The van der Waals surface area contributed by atoms with Crippen LogP contribution in [0, 0.1) is 13.8 Å². The second kappa shape index (κ2) is 9.32. The van der Waals surface area contributed by atoms with Gasteiger partial charge in [-0.05, 0) is 61.7 Å². The van der Waals surface area contributed by atoms with E-state index in [1.54, 1.807) is 34.7 Å². The molecule has 0 aliphatic rings. The van der Waals surface area contributed by atoms with E-state index in [0.717, 1.165) is 22.6 Å². The Morgan fingerprint density at radius 1 is 1.06 bits per heavy atom. The van der Waals surface area contributed by atoms with Crippen molar-refractivity contribution in [2.24, 2.45) is 0 Å². The van der Waals surface area contributed by atoms with Crippen LogP contribution in [-0.2, 0) is 11.3 Å². The predicted molar refractivity (Wildman–Crippen MR) is 129 cm³/mol. The minimum atomic E-state index is -0.170. The van der Waals surface area contributed by atoms with E-state index in [2.05, 4.69) is 36.4 Å². The third-order valence-electron chi connectivity index (χ3n) is 5.98. The second-order valence-corrected chi connectivity index (χ2v) is 8.27. The first-order valence-corrected chi connectivity index (χ1v) is 11.0. The number of aromatic nitrogens is 3. The van der Waals surface area contributed by atoms with Crippen molar-refractivity contribution >= 4 is 11.4 Å². The molecule has 0 fully saturated rings. The van der Waals surface area contributed by atoms with Gasteiger partial charge in [0, 0.05) is 30.9 Å². The van der Waals surface area contributed by atoms with Gasteiger partial charge in [-0.25, -0.2) is 4.52 Å². The van der Waals surface area contributed by atoms with Crippen molar-refractivity contribution < 1.29 is 9.53 Å². The fraction of sp³-hybridized carbons (Fsp3) is 0.269. The zero-order chi connectivity index (χ0) is 23.5. The zero-order valence-electron chi connectivity index (χ0n) is 19.3. The van der Waals surface area contributed by atoms with Gasteiger partial charge < -0.3 is 14.6 Å². The van der Waals surface area contributed by atoms with E-state index in [1.807, 2.05) is 37.3 Å². The number of methoxy groups -OCH3 is 1. The summed E-state index contributed by atoms with van der Waals surface area (Å²) in [4.78, 5) is 25.4. The highest BCUT2D eigenvalue weighted by Gasteiger charge is 2.13. The number of carbonyl (C=O) groups is 1. The molecule has 0 aliphatic heterocycles. The second-order valence-electron chi connectivity index (χ2n) is 8.27. The first kappa shape index (κ1) is 22.3. The summed E-state index contributed by atoms with van der Waals surface area (Å²) in [5, 5.41) is 7.53. The Kier molecular flexibility index (Phi) is 6.31. The first-order chi connectivity index (χ1) is 15.9. The lowest BCUT2D eigenvalue weighted by molar-refractivity contribution is -0.121. The third kappa shape index (κ3) is 4.82. The van der Waals surface area contributed by atoms with Crippen LogP contribution in [0.25, 0.3) is 16.8 Å². The van der Waals surface area contributed by atoms with Gasteiger partial charge in [-0.1, -0.05) is 24.3 Å². The number of amides is 1. The molecular weight excluding hydrogens is 416 g/mol. The van der Waals surface area contributed by atoms with Crippen molar-refractivity contribution in [2.75, 3.05) is 7.11 Å². The molecular formula is C26H28N4O3. The maximum Gasteiger partial charge on any atom is 0.276 e. The smallest absolute Gasteiger partial charge is 0.276 e. The fourth-order valence-corrected chi connectivity index (χ4v) is 3.76. The molecule has 0 saturated heterocycles. The van der Waals surface area contributed by atoms with Gasteiger partial charge in [0.1, 0.15) is 11.3 Å². The summed E-state index contributed by atoms with van der Waals surface area (Å²) in [6, 6.07) is 15.4. The van der Waals surface area contributed by atoms with Crippen molar-refractivity contribution in [1.82, 2.24) is 19.5 Å². The number of hydrogen-bond donors (Lipinski definition) is 1. The normalized spacial score (nSPS) is 12.0. The molecule has 33 heavy (non-hydrogen) atoms. The number of carbonyl (C=O) groups excluding carboxylic acids is 1. The van der Waals surface area contributed by atoms with Crippen LogP contribution in [0.5, 0.6) is 5.75 Å².